The lowest BCUT2D eigenvalue weighted by Crippen LogP contribution is -2.25. The van der Waals surface area contributed by atoms with Crippen LogP contribution in [-0.2, 0) is 13.0 Å². The summed E-state index contributed by atoms with van der Waals surface area (Å²) < 4.78 is 2.54. The third kappa shape index (κ3) is 1.49. The molecule has 1 aromatic rings. The summed E-state index contributed by atoms with van der Waals surface area (Å²) in [5.74, 6) is 1.86. The van der Waals surface area contributed by atoms with Crippen LogP contribution in [0.15, 0.2) is 0 Å². The predicted molar refractivity (Wildman–Crippen MR) is 60.0 cm³/mol. The Morgan fingerprint density at radius 1 is 1.40 bits per heavy atom. The quantitative estimate of drug-likeness (QED) is 0.800. The molecular weight excluding hydrogens is 186 g/mol. The minimum absolute atomic E-state index is 0.552. The second kappa shape index (κ2) is 3.34. The summed E-state index contributed by atoms with van der Waals surface area (Å²) in [5, 5.41) is 3.40. The molecule has 3 rings (SSSR count). The zero-order valence-electron chi connectivity index (χ0n) is 9.58. The highest BCUT2D eigenvalue weighted by molar-refractivity contribution is 5.23. The van der Waals surface area contributed by atoms with E-state index in [1.54, 1.807) is 0 Å². The number of rotatable bonds is 2. The van der Waals surface area contributed by atoms with E-state index in [1.165, 1.54) is 30.1 Å². The molecule has 0 radical (unpaired) electrons. The molecule has 0 atom stereocenters. The van der Waals surface area contributed by atoms with E-state index < -0.39 is 0 Å². The van der Waals surface area contributed by atoms with Crippen molar-refractivity contribution in [3.8, 4) is 0 Å². The number of imidazole rings is 1. The van der Waals surface area contributed by atoms with E-state index in [0.29, 0.717) is 5.92 Å². The average molecular weight is 205 g/mol. The lowest BCUT2D eigenvalue weighted by Gasteiger charge is -2.16. The molecule has 0 saturated heterocycles. The maximum Gasteiger partial charge on any atom is 0.112 e. The molecule has 15 heavy (non-hydrogen) atoms. The number of nitrogens with zero attached hydrogens (tertiary/aromatic N) is 2. The Morgan fingerprint density at radius 3 is 2.87 bits per heavy atom. The van der Waals surface area contributed by atoms with Crippen molar-refractivity contribution in [2.45, 2.75) is 51.6 Å². The molecule has 1 aliphatic heterocycles. The fourth-order valence-electron chi connectivity index (χ4n) is 2.50. The Kier molecular flexibility index (Phi) is 2.09. The molecule has 0 unspecified atom stereocenters. The standard InChI is InChI=1S/C12H19N3/c1-8(2)12-14-10-7-13-6-5-11(10)15(12)9-3-4-9/h8-9,13H,3-7H2,1-2H3. The van der Waals surface area contributed by atoms with E-state index in [2.05, 4.69) is 23.7 Å². The molecule has 2 aliphatic rings. The third-order valence-electron chi connectivity index (χ3n) is 3.38. The van der Waals surface area contributed by atoms with Crippen molar-refractivity contribution in [3.63, 3.8) is 0 Å². The van der Waals surface area contributed by atoms with Gasteiger partial charge in [0.15, 0.2) is 0 Å². The lowest BCUT2D eigenvalue weighted by atomic mass is 10.2. The normalized spacial score (nSPS) is 20.7. The van der Waals surface area contributed by atoms with Gasteiger partial charge in [-0.2, -0.15) is 0 Å². The first kappa shape index (κ1) is 9.40. The second-order valence-electron chi connectivity index (χ2n) is 5.05. The van der Waals surface area contributed by atoms with Crippen molar-refractivity contribution in [1.82, 2.24) is 14.9 Å². The van der Waals surface area contributed by atoms with Crippen molar-refractivity contribution in [2.75, 3.05) is 6.54 Å². The number of nitrogens with one attached hydrogen (secondary N) is 1. The van der Waals surface area contributed by atoms with Gasteiger partial charge in [0.2, 0.25) is 0 Å². The molecule has 1 aromatic heterocycles. The van der Waals surface area contributed by atoms with Gasteiger partial charge >= 0.3 is 0 Å². The Balaban J connectivity index is 2.09. The first-order chi connectivity index (χ1) is 7.27. The van der Waals surface area contributed by atoms with Crippen molar-refractivity contribution in [1.29, 1.82) is 0 Å². The Bertz CT molecular complexity index is 374. The SMILES string of the molecule is CC(C)c1nc2c(n1C1CC1)CCNC2. The van der Waals surface area contributed by atoms with Crippen molar-refractivity contribution >= 4 is 0 Å². The third-order valence-corrected chi connectivity index (χ3v) is 3.38. The molecule has 82 valence electrons. The van der Waals surface area contributed by atoms with Crippen LogP contribution in [0.25, 0.3) is 0 Å². The highest BCUT2D eigenvalue weighted by Crippen LogP contribution is 2.39. The first-order valence-electron chi connectivity index (χ1n) is 6.08. The van der Waals surface area contributed by atoms with Crippen LogP contribution in [0, 0.1) is 0 Å². The Labute approximate surface area is 90.9 Å². The van der Waals surface area contributed by atoms with Crippen LogP contribution in [0.5, 0.6) is 0 Å². The van der Waals surface area contributed by atoms with E-state index >= 15 is 0 Å². The molecule has 0 amide bonds. The molecule has 0 spiro atoms. The molecule has 1 N–H and O–H groups in total. The predicted octanol–water partition coefficient (Wildman–Crippen LogP) is 1.99. The number of hydrogen-bond acceptors (Lipinski definition) is 2. The largest absolute Gasteiger partial charge is 0.328 e. The molecule has 1 aliphatic carbocycles. The van der Waals surface area contributed by atoms with Gasteiger partial charge in [0.1, 0.15) is 5.82 Å². The molecule has 3 nitrogen and oxygen atoms in total. The number of hydrogen-bond donors (Lipinski definition) is 1. The molecule has 0 aromatic carbocycles. The van der Waals surface area contributed by atoms with E-state index in [4.69, 9.17) is 4.98 Å². The molecule has 0 bridgehead atoms. The summed E-state index contributed by atoms with van der Waals surface area (Å²) >= 11 is 0. The van der Waals surface area contributed by atoms with Gasteiger partial charge in [-0.3, -0.25) is 0 Å². The molecule has 1 saturated carbocycles. The van der Waals surface area contributed by atoms with E-state index in [9.17, 15) is 0 Å². The molecule has 3 heteroatoms. The van der Waals surface area contributed by atoms with Gasteiger partial charge in [0.05, 0.1) is 5.69 Å². The highest BCUT2D eigenvalue weighted by atomic mass is 15.2. The van der Waals surface area contributed by atoms with Gasteiger partial charge in [-0.25, -0.2) is 4.98 Å². The van der Waals surface area contributed by atoms with Gasteiger partial charge in [-0.15, -0.1) is 0 Å². The van der Waals surface area contributed by atoms with Crippen LogP contribution in [0.1, 0.15) is 55.9 Å². The van der Waals surface area contributed by atoms with Crippen LogP contribution in [0.3, 0.4) is 0 Å². The fourth-order valence-corrected chi connectivity index (χ4v) is 2.50. The average Bonchev–Trinajstić information content (AvgIpc) is 2.98. The van der Waals surface area contributed by atoms with E-state index in [1.807, 2.05) is 0 Å². The minimum Gasteiger partial charge on any atom is -0.328 e. The second-order valence-corrected chi connectivity index (χ2v) is 5.05. The Hall–Kier alpha value is -0.830. The minimum atomic E-state index is 0.552. The molecule has 2 heterocycles. The van der Waals surface area contributed by atoms with Crippen molar-refractivity contribution < 1.29 is 0 Å². The van der Waals surface area contributed by atoms with Crippen LogP contribution in [-0.4, -0.2) is 16.1 Å². The number of aromatic nitrogens is 2. The Morgan fingerprint density at radius 2 is 2.20 bits per heavy atom. The zero-order chi connectivity index (χ0) is 10.4. The van der Waals surface area contributed by atoms with E-state index in [-0.39, 0.29) is 0 Å². The summed E-state index contributed by atoms with van der Waals surface area (Å²) in [6.07, 6.45) is 3.87. The lowest BCUT2D eigenvalue weighted by molar-refractivity contribution is 0.577. The topological polar surface area (TPSA) is 29.9 Å². The van der Waals surface area contributed by atoms with Crippen molar-refractivity contribution in [2.24, 2.45) is 0 Å². The van der Waals surface area contributed by atoms with Gasteiger partial charge < -0.3 is 9.88 Å². The smallest absolute Gasteiger partial charge is 0.112 e. The van der Waals surface area contributed by atoms with Crippen LogP contribution in [0.4, 0.5) is 0 Å². The molecule has 1 fully saturated rings. The zero-order valence-corrected chi connectivity index (χ0v) is 9.58. The highest BCUT2D eigenvalue weighted by Gasteiger charge is 2.31. The maximum absolute atomic E-state index is 4.81. The summed E-state index contributed by atoms with van der Waals surface area (Å²) in [6, 6.07) is 0.775. The van der Waals surface area contributed by atoms with Crippen LogP contribution in [0.2, 0.25) is 0 Å². The maximum atomic E-state index is 4.81. The summed E-state index contributed by atoms with van der Waals surface area (Å²) in [4.78, 5) is 4.81. The monoisotopic (exact) mass is 205 g/mol. The summed E-state index contributed by atoms with van der Waals surface area (Å²) in [5.41, 5.74) is 2.82. The van der Waals surface area contributed by atoms with Gasteiger partial charge in [0, 0.05) is 37.2 Å². The van der Waals surface area contributed by atoms with E-state index in [0.717, 1.165) is 25.6 Å². The summed E-state index contributed by atoms with van der Waals surface area (Å²) in [6.45, 7) is 6.58. The first-order valence-corrected chi connectivity index (χ1v) is 6.08. The van der Waals surface area contributed by atoms with Crippen molar-refractivity contribution in [3.05, 3.63) is 17.2 Å². The summed E-state index contributed by atoms with van der Waals surface area (Å²) in [7, 11) is 0. The fraction of sp³-hybridized carbons (Fsp3) is 0.750. The van der Waals surface area contributed by atoms with Gasteiger partial charge in [-0.1, -0.05) is 13.8 Å². The van der Waals surface area contributed by atoms with Gasteiger partial charge in [0.25, 0.3) is 0 Å². The van der Waals surface area contributed by atoms with Gasteiger partial charge in [-0.05, 0) is 12.8 Å². The number of fused-ring (bicyclic) bond motifs is 1. The molecular formula is C12H19N3. The van der Waals surface area contributed by atoms with Crippen LogP contribution >= 0.6 is 0 Å². The van der Waals surface area contributed by atoms with Crippen LogP contribution < -0.4 is 5.32 Å².